The van der Waals surface area contributed by atoms with Crippen molar-refractivity contribution in [2.45, 2.75) is 0 Å². The van der Waals surface area contributed by atoms with Gasteiger partial charge in [0.15, 0.2) is 7.69 Å². The van der Waals surface area contributed by atoms with Crippen molar-refractivity contribution in [3.05, 3.63) is 91.0 Å². The van der Waals surface area contributed by atoms with Crippen LogP contribution >= 0.6 is 7.92 Å². The normalized spacial score (nSPS) is 8.96. The fourth-order valence-corrected chi connectivity index (χ4v) is 4.48. The molecule has 3 nitrogen and oxygen atoms in total. The van der Waals surface area contributed by atoms with Crippen molar-refractivity contribution in [2.24, 2.45) is 0 Å². The van der Waals surface area contributed by atoms with E-state index in [0.717, 1.165) is 0 Å². The van der Waals surface area contributed by atoms with Gasteiger partial charge in [-0.1, -0.05) is 91.0 Å². The molecule has 0 spiro atoms. The maximum absolute atomic E-state index is 8.36. The summed E-state index contributed by atoms with van der Waals surface area (Å²) in [7, 11) is -0.696. The molecule has 0 amide bonds. The van der Waals surface area contributed by atoms with Crippen molar-refractivity contribution in [1.29, 1.82) is 0 Å². The topological polar surface area (TPSA) is 74.8 Å². The number of benzene rings is 3. The molecule has 0 aliphatic rings. The van der Waals surface area contributed by atoms with Gasteiger partial charge in [-0.25, -0.2) is 0 Å². The molecule has 117 valence electrons. The first-order valence-electron chi connectivity index (χ1n) is 6.90. The molecule has 6 heteroatoms. The van der Waals surface area contributed by atoms with E-state index >= 15 is 0 Å². The maximum atomic E-state index is 8.36. The molecule has 24 heavy (non-hydrogen) atoms. The van der Waals surface area contributed by atoms with E-state index in [1.165, 1.54) is 15.9 Å². The van der Waals surface area contributed by atoms with Crippen LogP contribution in [0.4, 0.5) is 0 Å². The Hall–Kier alpha value is -0.965. The van der Waals surface area contributed by atoms with Crippen LogP contribution in [-0.4, -0.2) is 18.2 Å². The van der Waals surface area contributed by atoms with E-state index in [4.69, 9.17) is 10.0 Å². The fraction of sp³-hybridized carbons (Fsp3) is 0. The summed E-state index contributed by atoms with van der Waals surface area (Å²) in [6.45, 7) is 0. The van der Waals surface area contributed by atoms with Crippen molar-refractivity contribution in [3.63, 3.8) is 0 Å². The van der Waals surface area contributed by atoms with E-state index in [-0.39, 0.29) is 42.7 Å². The predicted molar refractivity (Wildman–Crippen MR) is 96.7 cm³/mol. The van der Waals surface area contributed by atoms with Crippen LogP contribution in [0.25, 0.3) is 0 Å². The third-order valence-electron chi connectivity index (χ3n) is 3.04. The molecule has 3 aromatic rings. The Labute approximate surface area is 167 Å². The van der Waals surface area contributed by atoms with Crippen molar-refractivity contribution < 1.29 is 45.1 Å². The summed E-state index contributed by atoms with van der Waals surface area (Å²) in [5.41, 5.74) is 0. The molecule has 3 rings (SSSR count). The molecule has 0 unspecified atom stereocenters. The van der Waals surface area contributed by atoms with Crippen molar-refractivity contribution in [1.82, 2.24) is 0 Å². The van der Waals surface area contributed by atoms with Gasteiger partial charge in [-0.05, 0) is 23.8 Å². The van der Waals surface area contributed by atoms with Gasteiger partial charge in [0, 0.05) is 0 Å². The number of hydrogen-bond donors (Lipinski definition) is 1. The standard InChI is InChI=1S/C18H15P.BHO2.Na.H2O/c1-4-10-16(11-5-1)19(17-12-6-2-7-13-17)18-14-8-3-9-15-18;2-1-3;;/h1-15H;2H;;1H2/q;-1;+1;. The summed E-state index contributed by atoms with van der Waals surface area (Å²) in [4.78, 5) is 0. The Balaban J connectivity index is 0.000000988. The zero-order valence-electron chi connectivity index (χ0n) is 13.5. The fourth-order valence-electron chi connectivity index (χ4n) is 2.18. The first kappa shape index (κ1) is 23.0. The van der Waals surface area contributed by atoms with E-state index < -0.39 is 7.92 Å². The first-order valence-corrected chi connectivity index (χ1v) is 8.24. The summed E-state index contributed by atoms with van der Waals surface area (Å²) >= 11 is 0. The smallest absolute Gasteiger partial charge is 0.861 e. The van der Waals surface area contributed by atoms with Gasteiger partial charge in [-0.3, -0.25) is 0 Å². The number of rotatable bonds is 3. The van der Waals surface area contributed by atoms with Crippen LogP contribution in [0.15, 0.2) is 91.0 Å². The first-order chi connectivity index (χ1) is 10.9. The summed E-state index contributed by atoms with van der Waals surface area (Å²) in [6.07, 6.45) is 0. The third-order valence-corrected chi connectivity index (χ3v) is 5.49. The van der Waals surface area contributed by atoms with Crippen molar-refractivity contribution in [2.75, 3.05) is 0 Å². The molecule has 0 aliphatic carbocycles. The zero-order chi connectivity index (χ0) is 15.6. The largest absolute Gasteiger partial charge is 1.00 e. The van der Waals surface area contributed by atoms with Crippen LogP contribution in [0.2, 0.25) is 0 Å². The molecule has 0 saturated heterocycles. The number of hydrogen-bond acceptors (Lipinski definition) is 2. The Morgan fingerprint density at radius 2 is 0.833 bits per heavy atom. The molecular weight excluding hydrogens is 329 g/mol. The van der Waals surface area contributed by atoms with Gasteiger partial charge in [0.05, 0.1) is 0 Å². The van der Waals surface area contributed by atoms with Gasteiger partial charge in [0.1, 0.15) is 0 Å². The van der Waals surface area contributed by atoms with Crippen molar-refractivity contribution >= 4 is 31.5 Å². The minimum absolute atomic E-state index is 0. The minimum atomic E-state index is -0.446. The van der Waals surface area contributed by atoms with Gasteiger partial charge in [-0.2, -0.15) is 0 Å². The molecule has 0 aliphatic heterocycles. The van der Waals surface area contributed by atoms with Gasteiger partial charge in [-0.15, -0.1) is 0 Å². The summed E-state index contributed by atoms with van der Waals surface area (Å²) < 4.78 is 0. The molecule has 0 atom stereocenters. The Morgan fingerprint density at radius 3 is 1.04 bits per heavy atom. The van der Waals surface area contributed by atoms with E-state index in [2.05, 4.69) is 91.0 Å². The Morgan fingerprint density at radius 1 is 0.625 bits per heavy atom. The maximum Gasteiger partial charge on any atom is 1.00 e. The van der Waals surface area contributed by atoms with Gasteiger partial charge in [0.25, 0.3) is 0 Å². The Kier molecular flexibility index (Phi) is 12.8. The second-order valence-corrected chi connectivity index (χ2v) is 6.67. The molecule has 1 radical (unpaired) electrons. The SMILES string of the molecule is O.[Na+].[O-][B]O.c1ccc(P(c2ccccc2)c2ccccc2)cc1. The van der Waals surface area contributed by atoms with Gasteiger partial charge < -0.3 is 15.5 Å². The van der Waals surface area contributed by atoms with Crippen LogP contribution in [0, 0.1) is 0 Å². The second-order valence-electron chi connectivity index (χ2n) is 4.45. The average molecular weight is 347 g/mol. The molecular formula is C18H18BNaO3P. The van der Waals surface area contributed by atoms with E-state index in [0.29, 0.717) is 0 Å². The van der Waals surface area contributed by atoms with Crippen molar-refractivity contribution in [3.8, 4) is 0 Å². The van der Waals surface area contributed by atoms with E-state index in [1.807, 2.05) is 0 Å². The molecule has 0 saturated carbocycles. The quantitative estimate of drug-likeness (QED) is 0.420. The van der Waals surface area contributed by atoms with E-state index in [1.54, 1.807) is 0 Å². The molecule has 0 bridgehead atoms. The molecule has 3 aromatic carbocycles. The van der Waals surface area contributed by atoms with Crippen LogP contribution in [0.1, 0.15) is 0 Å². The van der Waals surface area contributed by atoms with Gasteiger partial charge in [0.2, 0.25) is 0 Å². The predicted octanol–water partition coefficient (Wildman–Crippen LogP) is -2.50. The van der Waals surface area contributed by atoms with E-state index in [9.17, 15) is 0 Å². The Bertz CT molecular complexity index is 563. The van der Waals surface area contributed by atoms with Crippen LogP contribution in [0.5, 0.6) is 0 Å². The second kappa shape index (κ2) is 13.3. The molecule has 0 heterocycles. The summed E-state index contributed by atoms with van der Waals surface area (Å²) in [5.74, 6) is 0. The monoisotopic (exact) mass is 347 g/mol. The molecule has 0 fully saturated rings. The summed E-state index contributed by atoms with van der Waals surface area (Å²) in [6, 6.07) is 32.3. The molecule has 0 aromatic heterocycles. The van der Waals surface area contributed by atoms with Crippen LogP contribution < -0.4 is 50.5 Å². The molecule has 3 N–H and O–H groups in total. The average Bonchev–Trinajstić information content (AvgIpc) is 2.59. The van der Waals surface area contributed by atoms with Crippen LogP contribution in [0.3, 0.4) is 0 Å². The third kappa shape index (κ3) is 6.88. The van der Waals surface area contributed by atoms with Crippen LogP contribution in [-0.2, 0) is 0 Å². The zero-order valence-corrected chi connectivity index (χ0v) is 16.4. The van der Waals surface area contributed by atoms with Gasteiger partial charge >= 0.3 is 29.6 Å². The summed E-state index contributed by atoms with van der Waals surface area (Å²) in [5, 5.41) is 19.4. The minimum Gasteiger partial charge on any atom is -0.861 e.